The maximum absolute atomic E-state index is 11.9. The summed E-state index contributed by atoms with van der Waals surface area (Å²) in [6.07, 6.45) is 0.985. The molecule has 2 heterocycles. The van der Waals surface area contributed by atoms with E-state index in [0.29, 0.717) is 12.1 Å². The molecule has 3 aromatic rings. The number of carbonyl (C=O) groups is 1. The summed E-state index contributed by atoms with van der Waals surface area (Å²) < 4.78 is 0. The Morgan fingerprint density at radius 1 is 1.23 bits per heavy atom. The molecule has 0 spiro atoms. The second kappa shape index (κ2) is 8.25. The standard InChI is InChI=1S/C19H22N4O2S/c1-3-15-10-16-17(22-12(2)23-19(16)26-15)21-11-13-4-6-14(7-5-13)18(25)20-8-9-24/h4-7,10,24H,3,8-9,11H2,1-2H3,(H,20,25)(H,21,22,23). The lowest BCUT2D eigenvalue weighted by molar-refractivity contribution is 0.0945. The lowest BCUT2D eigenvalue weighted by Crippen LogP contribution is -2.26. The highest BCUT2D eigenvalue weighted by molar-refractivity contribution is 7.18. The van der Waals surface area contributed by atoms with Crippen LogP contribution in [0.4, 0.5) is 5.82 Å². The number of aromatic nitrogens is 2. The van der Waals surface area contributed by atoms with Crippen molar-refractivity contribution in [3.05, 3.63) is 52.2 Å². The minimum absolute atomic E-state index is 0.0666. The van der Waals surface area contributed by atoms with Crippen LogP contribution in [0.3, 0.4) is 0 Å². The van der Waals surface area contributed by atoms with Gasteiger partial charge in [0, 0.05) is 23.5 Å². The molecule has 0 aliphatic rings. The molecule has 3 rings (SSSR count). The number of rotatable bonds is 7. The Balaban J connectivity index is 1.72. The number of benzene rings is 1. The van der Waals surface area contributed by atoms with Gasteiger partial charge in [0.25, 0.3) is 5.91 Å². The molecule has 0 bridgehead atoms. The van der Waals surface area contributed by atoms with Gasteiger partial charge in [-0.1, -0.05) is 19.1 Å². The van der Waals surface area contributed by atoms with Crippen molar-refractivity contribution in [2.24, 2.45) is 0 Å². The number of nitrogens with zero attached hydrogens (tertiary/aromatic N) is 2. The lowest BCUT2D eigenvalue weighted by atomic mass is 10.1. The van der Waals surface area contributed by atoms with Crippen molar-refractivity contribution in [1.82, 2.24) is 15.3 Å². The van der Waals surface area contributed by atoms with Crippen LogP contribution >= 0.6 is 11.3 Å². The van der Waals surface area contributed by atoms with E-state index in [1.165, 1.54) is 4.88 Å². The number of thiophene rings is 1. The Kier molecular flexibility index (Phi) is 5.80. The lowest BCUT2D eigenvalue weighted by Gasteiger charge is -2.09. The zero-order valence-corrected chi connectivity index (χ0v) is 15.7. The fraction of sp³-hybridized carbons (Fsp3) is 0.316. The Morgan fingerprint density at radius 2 is 2.00 bits per heavy atom. The first kappa shape index (κ1) is 18.3. The number of aryl methyl sites for hydroxylation is 2. The average Bonchev–Trinajstić information content (AvgIpc) is 3.07. The molecule has 2 aromatic heterocycles. The van der Waals surface area contributed by atoms with Gasteiger partial charge in [-0.25, -0.2) is 9.97 Å². The zero-order valence-electron chi connectivity index (χ0n) is 14.9. The minimum Gasteiger partial charge on any atom is -0.395 e. The minimum atomic E-state index is -0.183. The SMILES string of the molecule is CCc1cc2c(NCc3ccc(C(=O)NCCO)cc3)nc(C)nc2s1. The summed E-state index contributed by atoms with van der Waals surface area (Å²) >= 11 is 1.71. The van der Waals surface area contributed by atoms with Gasteiger partial charge in [0.05, 0.1) is 12.0 Å². The van der Waals surface area contributed by atoms with Gasteiger partial charge in [-0.2, -0.15) is 0 Å². The number of anilines is 1. The highest BCUT2D eigenvalue weighted by Gasteiger charge is 2.10. The number of carbonyl (C=O) groups excluding carboxylic acids is 1. The van der Waals surface area contributed by atoms with Gasteiger partial charge in [0.15, 0.2) is 0 Å². The first-order chi connectivity index (χ1) is 12.6. The first-order valence-electron chi connectivity index (χ1n) is 8.59. The van der Waals surface area contributed by atoms with E-state index in [1.807, 2.05) is 19.1 Å². The van der Waals surface area contributed by atoms with Crippen LogP contribution in [0.1, 0.15) is 33.5 Å². The van der Waals surface area contributed by atoms with Gasteiger partial charge >= 0.3 is 0 Å². The van der Waals surface area contributed by atoms with E-state index >= 15 is 0 Å². The quantitative estimate of drug-likeness (QED) is 0.595. The summed E-state index contributed by atoms with van der Waals surface area (Å²) in [5.41, 5.74) is 1.63. The summed E-state index contributed by atoms with van der Waals surface area (Å²) in [5.74, 6) is 1.41. The van der Waals surface area contributed by atoms with Crippen molar-refractivity contribution < 1.29 is 9.90 Å². The molecule has 6 nitrogen and oxygen atoms in total. The molecular weight excluding hydrogens is 348 g/mol. The van der Waals surface area contributed by atoms with E-state index in [4.69, 9.17) is 5.11 Å². The second-order valence-electron chi connectivity index (χ2n) is 5.93. The molecule has 0 fully saturated rings. The fourth-order valence-electron chi connectivity index (χ4n) is 2.62. The highest BCUT2D eigenvalue weighted by atomic mass is 32.1. The van der Waals surface area contributed by atoms with Crippen molar-refractivity contribution in [3.8, 4) is 0 Å². The van der Waals surface area contributed by atoms with Crippen LogP contribution < -0.4 is 10.6 Å². The second-order valence-corrected chi connectivity index (χ2v) is 7.05. The molecule has 0 aliphatic carbocycles. The summed E-state index contributed by atoms with van der Waals surface area (Å²) in [6, 6.07) is 9.54. The van der Waals surface area contributed by atoms with Gasteiger partial charge in [0.2, 0.25) is 0 Å². The van der Waals surface area contributed by atoms with Gasteiger partial charge in [0.1, 0.15) is 16.5 Å². The molecule has 3 N–H and O–H groups in total. The Morgan fingerprint density at radius 3 is 2.69 bits per heavy atom. The van der Waals surface area contributed by atoms with Crippen LogP contribution in [0.15, 0.2) is 30.3 Å². The van der Waals surface area contributed by atoms with E-state index in [2.05, 4.69) is 33.6 Å². The van der Waals surface area contributed by atoms with Crippen LogP contribution in [0.25, 0.3) is 10.2 Å². The van der Waals surface area contributed by atoms with Crippen LogP contribution in [0, 0.1) is 6.92 Å². The molecule has 1 aromatic carbocycles. The molecule has 0 saturated heterocycles. The molecule has 7 heteroatoms. The molecule has 1 amide bonds. The average molecular weight is 370 g/mol. The molecule has 0 aliphatic heterocycles. The molecule has 0 radical (unpaired) electrons. The number of hydrogen-bond acceptors (Lipinski definition) is 6. The number of nitrogens with one attached hydrogen (secondary N) is 2. The third kappa shape index (κ3) is 4.17. The Labute approximate surface area is 156 Å². The zero-order chi connectivity index (χ0) is 18.5. The van der Waals surface area contributed by atoms with E-state index in [-0.39, 0.29) is 19.1 Å². The number of aliphatic hydroxyl groups is 1. The third-order valence-electron chi connectivity index (χ3n) is 3.98. The topological polar surface area (TPSA) is 87.1 Å². The number of aliphatic hydroxyl groups excluding tert-OH is 1. The summed E-state index contributed by atoms with van der Waals surface area (Å²) in [5, 5.41) is 15.8. The monoisotopic (exact) mass is 370 g/mol. The number of hydrogen-bond donors (Lipinski definition) is 3. The third-order valence-corrected chi connectivity index (χ3v) is 5.15. The van der Waals surface area contributed by atoms with Crippen molar-refractivity contribution in [2.45, 2.75) is 26.8 Å². The van der Waals surface area contributed by atoms with E-state index in [1.54, 1.807) is 23.5 Å². The van der Waals surface area contributed by atoms with Gasteiger partial charge in [-0.15, -0.1) is 11.3 Å². The fourth-order valence-corrected chi connectivity index (χ4v) is 3.63. The molecule has 0 unspecified atom stereocenters. The summed E-state index contributed by atoms with van der Waals surface area (Å²) in [7, 11) is 0. The molecule has 0 saturated carbocycles. The van der Waals surface area contributed by atoms with Gasteiger partial charge in [-0.3, -0.25) is 4.79 Å². The van der Waals surface area contributed by atoms with Crippen molar-refractivity contribution in [3.63, 3.8) is 0 Å². The summed E-state index contributed by atoms with van der Waals surface area (Å²) in [4.78, 5) is 23.2. The maximum atomic E-state index is 11.9. The number of fused-ring (bicyclic) bond motifs is 1. The van der Waals surface area contributed by atoms with E-state index in [9.17, 15) is 4.79 Å². The van der Waals surface area contributed by atoms with Crippen LogP contribution in [0.5, 0.6) is 0 Å². The predicted octanol–water partition coefficient (Wildman–Crippen LogP) is 2.90. The molecule has 0 atom stereocenters. The Hall–Kier alpha value is -2.51. The highest BCUT2D eigenvalue weighted by Crippen LogP contribution is 2.29. The maximum Gasteiger partial charge on any atom is 0.251 e. The molecular formula is C19H22N4O2S. The molecule has 26 heavy (non-hydrogen) atoms. The van der Waals surface area contributed by atoms with E-state index < -0.39 is 0 Å². The molecule has 136 valence electrons. The smallest absolute Gasteiger partial charge is 0.251 e. The Bertz CT molecular complexity index is 906. The van der Waals surface area contributed by atoms with Gasteiger partial charge < -0.3 is 15.7 Å². The van der Waals surface area contributed by atoms with Crippen molar-refractivity contribution in [1.29, 1.82) is 0 Å². The van der Waals surface area contributed by atoms with Gasteiger partial charge in [-0.05, 0) is 37.1 Å². The van der Waals surface area contributed by atoms with Crippen molar-refractivity contribution >= 4 is 33.3 Å². The predicted molar refractivity (Wildman–Crippen MR) is 105 cm³/mol. The van der Waals surface area contributed by atoms with Crippen LogP contribution in [-0.4, -0.2) is 34.1 Å². The largest absolute Gasteiger partial charge is 0.395 e. The number of amides is 1. The summed E-state index contributed by atoms with van der Waals surface area (Å²) in [6.45, 7) is 4.84. The normalized spacial score (nSPS) is 10.9. The van der Waals surface area contributed by atoms with Crippen LogP contribution in [-0.2, 0) is 13.0 Å². The van der Waals surface area contributed by atoms with Crippen LogP contribution in [0.2, 0.25) is 0 Å². The van der Waals surface area contributed by atoms with Crippen molar-refractivity contribution in [2.75, 3.05) is 18.5 Å². The van der Waals surface area contributed by atoms with E-state index in [0.717, 1.165) is 33.8 Å². The first-order valence-corrected chi connectivity index (χ1v) is 9.41.